The Bertz CT molecular complexity index is 1490. The fraction of sp³-hybridized carbons (Fsp3) is 0.267. The number of aromatic nitrogens is 2. The van der Waals surface area contributed by atoms with Crippen LogP contribution in [0.15, 0.2) is 101 Å². The highest BCUT2D eigenvalue weighted by atomic mass is 19.1. The fourth-order valence-electron chi connectivity index (χ4n) is 4.97. The number of hydrogen-bond acceptors (Lipinski definition) is 7. The van der Waals surface area contributed by atoms with E-state index in [0.29, 0.717) is 11.5 Å². The van der Waals surface area contributed by atoms with Gasteiger partial charge in [0, 0.05) is 12.3 Å². The van der Waals surface area contributed by atoms with E-state index in [-0.39, 0.29) is 6.61 Å². The second-order valence-electron chi connectivity index (χ2n) is 9.33. The van der Waals surface area contributed by atoms with Crippen LogP contribution >= 0.6 is 0 Å². The average molecular weight is 549 g/mol. The molecule has 1 aliphatic heterocycles. The lowest BCUT2D eigenvalue weighted by Crippen LogP contribution is -2.39. The molecular weight excluding hydrogens is 519 g/mol. The maximum atomic E-state index is 15.2. The van der Waals surface area contributed by atoms with Gasteiger partial charge in [0.15, 0.2) is 12.4 Å². The zero-order valence-electron chi connectivity index (χ0n) is 21.9. The van der Waals surface area contributed by atoms with Crippen molar-refractivity contribution in [1.82, 2.24) is 9.55 Å². The van der Waals surface area contributed by atoms with Crippen molar-refractivity contribution in [1.29, 1.82) is 0 Å². The molecule has 1 saturated heterocycles. The monoisotopic (exact) mass is 548 g/mol. The Morgan fingerprint density at radius 1 is 0.875 bits per heavy atom. The third-order valence-corrected chi connectivity index (χ3v) is 7.06. The van der Waals surface area contributed by atoms with Crippen molar-refractivity contribution in [3.63, 3.8) is 0 Å². The van der Waals surface area contributed by atoms with Crippen molar-refractivity contribution in [2.45, 2.75) is 30.2 Å². The summed E-state index contributed by atoms with van der Waals surface area (Å²) in [5.41, 5.74) is -0.389. The zero-order valence-corrected chi connectivity index (χ0v) is 21.9. The minimum absolute atomic E-state index is 0.233. The second kappa shape index (κ2) is 11.5. The van der Waals surface area contributed by atoms with Crippen LogP contribution in [0.1, 0.15) is 22.9 Å². The van der Waals surface area contributed by atoms with Gasteiger partial charge in [-0.3, -0.25) is 14.3 Å². The van der Waals surface area contributed by atoms with E-state index in [4.69, 9.17) is 18.9 Å². The minimum atomic E-state index is -1.94. The summed E-state index contributed by atoms with van der Waals surface area (Å²) in [7, 11) is 3.16. The van der Waals surface area contributed by atoms with Gasteiger partial charge in [-0.25, -0.2) is 9.18 Å². The number of aliphatic hydroxyl groups excluding tert-OH is 1. The number of hydrogen-bond donors (Lipinski definition) is 2. The molecule has 4 aromatic rings. The van der Waals surface area contributed by atoms with Crippen LogP contribution in [-0.4, -0.2) is 53.9 Å². The largest absolute Gasteiger partial charge is 0.497 e. The fourth-order valence-corrected chi connectivity index (χ4v) is 4.97. The van der Waals surface area contributed by atoms with Gasteiger partial charge in [0.05, 0.1) is 20.8 Å². The van der Waals surface area contributed by atoms with Crippen LogP contribution in [0.3, 0.4) is 0 Å². The van der Waals surface area contributed by atoms with Gasteiger partial charge in [-0.05, 0) is 41.0 Å². The summed E-state index contributed by atoms with van der Waals surface area (Å²) in [5.74, 6) is 1.31. The number of benzene rings is 3. The van der Waals surface area contributed by atoms with Gasteiger partial charge in [0.1, 0.15) is 29.3 Å². The Labute approximate surface area is 229 Å². The molecule has 3 aromatic carbocycles. The molecule has 1 aromatic heterocycles. The summed E-state index contributed by atoms with van der Waals surface area (Å²) in [6, 6.07) is 25.4. The molecule has 0 aliphatic carbocycles. The molecule has 1 fully saturated rings. The normalized spacial score (nSPS) is 20.8. The Balaban J connectivity index is 1.56. The Kier molecular flexibility index (Phi) is 7.83. The topological polar surface area (TPSA) is 112 Å². The molecular formula is C30H29FN2O7. The molecule has 2 heterocycles. The van der Waals surface area contributed by atoms with Gasteiger partial charge < -0.3 is 24.1 Å². The quantitative estimate of drug-likeness (QED) is 0.309. The first-order valence-electron chi connectivity index (χ1n) is 12.6. The molecule has 4 atom stereocenters. The van der Waals surface area contributed by atoms with Gasteiger partial charge in [-0.15, -0.1) is 0 Å². The lowest BCUT2D eigenvalue weighted by Gasteiger charge is -2.37. The van der Waals surface area contributed by atoms with E-state index in [1.54, 1.807) is 14.2 Å². The second-order valence-corrected chi connectivity index (χ2v) is 9.33. The predicted octanol–water partition coefficient (Wildman–Crippen LogP) is 3.16. The molecule has 1 aliphatic rings. The van der Waals surface area contributed by atoms with Crippen molar-refractivity contribution < 1.29 is 28.4 Å². The molecule has 208 valence electrons. The molecule has 9 nitrogen and oxygen atoms in total. The minimum Gasteiger partial charge on any atom is -0.497 e. The van der Waals surface area contributed by atoms with Gasteiger partial charge >= 0.3 is 5.69 Å². The van der Waals surface area contributed by atoms with Crippen molar-refractivity contribution in [2.75, 3.05) is 20.8 Å². The van der Waals surface area contributed by atoms with E-state index in [1.165, 1.54) is 0 Å². The summed E-state index contributed by atoms with van der Waals surface area (Å²) in [5, 5.41) is 10.8. The van der Waals surface area contributed by atoms with Crippen LogP contribution in [0.4, 0.5) is 4.39 Å². The van der Waals surface area contributed by atoms with Gasteiger partial charge in [-0.2, -0.15) is 0 Å². The summed E-state index contributed by atoms with van der Waals surface area (Å²) < 4.78 is 39.4. The van der Waals surface area contributed by atoms with E-state index in [1.807, 2.05) is 78.9 Å². The molecule has 0 bridgehead atoms. The van der Waals surface area contributed by atoms with Crippen LogP contribution < -0.4 is 20.7 Å². The summed E-state index contributed by atoms with van der Waals surface area (Å²) in [6.07, 6.45) is -4.97. The lowest BCUT2D eigenvalue weighted by molar-refractivity contribution is -0.0950. The van der Waals surface area contributed by atoms with Crippen LogP contribution in [0.2, 0.25) is 0 Å². The van der Waals surface area contributed by atoms with E-state index in [2.05, 4.69) is 4.98 Å². The van der Waals surface area contributed by atoms with E-state index >= 15 is 4.39 Å². The van der Waals surface area contributed by atoms with Crippen LogP contribution in [0, 0.1) is 0 Å². The third kappa shape index (κ3) is 5.04. The number of aromatic amines is 1. The Morgan fingerprint density at radius 3 is 1.95 bits per heavy atom. The van der Waals surface area contributed by atoms with Crippen molar-refractivity contribution in [3.8, 4) is 11.5 Å². The number of ether oxygens (including phenoxy) is 4. The SMILES string of the molecule is COc1ccc(C(OC[C@@H]2O[C@H](n3ccc(=O)[nH]c3=O)[C@@H](F)[C@H]2O)(c2ccccc2)c2ccc(OC)cc2)cc1. The highest BCUT2D eigenvalue weighted by Crippen LogP contribution is 2.43. The third-order valence-electron chi connectivity index (χ3n) is 7.06. The number of alkyl halides is 1. The first-order valence-corrected chi connectivity index (χ1v) is 12.6. The highest BCUT2D eigenvalue weighted by Gasteiger charge is 2.47. The maximum absolute atomic E-state index is 15.2. The highest BCUT2D eigenvalue weighted by molar-refractivity contribution is 5.49. The Morgan fingerprint density at radius 2 is 1.43 bits per heavy atom. The molecule has 0 saturated carbocycles. The number of halogens is 1. The zero-order chi connectivity index (χ0) is 28.3. The number of aliphatic hydroxyl groups is 1. The molecule has 10 heteroatoms. The number of methoxy groups -OCH3 is 2. The number of H-pyrrole nitrogens is 1. The standard InChI is InChI=1S/C30H29FN2O7/c1-37-22-12-8-20(9-13-22)30(19-6-4-3-5-7-19,21-10-14-23(38-2)15-11-21)39-18-24-27(35)26(31)28(40-24)33-17-16-25(34)32-29(33)36/h3-17,24,26-28,35H,18H2,1-2H3,(H,32,34,36)/t24-,26-,27-,28-/m0/s1. The van der Waals surface area contributed by atoms with E-state index < -0.39 is 41.5 Å². The predicted molar refractivity (Wildman–Crippen MR) is 144 cm³/mol. The lowest BCUT2D eigenvalue weighted by atomic mass is 9.80. The van der Waals surface area contributed by atoms with E-state index in [9.17, 15) is 14.7 Å². The smallest absolute Gasteiger partial charge is 0.330 e. The number of rotatable bonds is 9. The molecule has 40 heavy (non-hydrogen) atoms. The summed E-state index contributed by atoms with van der Waals surface area (Å²) >= 11 is 0. The van der Waals surface area contributed by atoms with Gasteiger partial charge in [0.2, 0.25) is 0 Å². The summed E-state index contributed by atoms with van der Waals surface area (Å²) in [6.45, 7) is -0.233. The maximum Gasteiger partial charge on any atom is 0.330 e. The van der Waals surface area contributed by atoms with Crippen molar-refractivity contribution >= 4 is 0 Å². The molecule has 0 spiro atoms. The van der Waals surface area contributed by atoms with Gasteiger partial charge in [-0.1, -0.05) is 54.6 Å². The molecule has 0 radical (unpaired) electrons. The number of nitrogens with one attached hydrogen (secondary N) is 1. The van der Waals surface area contributed by atoms with Crippen LogP contribution in [-0.2, 0) is 15.1 Å². The van der Waals surface area contributed by atoms with Gasteiger partial charge in [0.25, 0.3) is 5.56 Å². The Hall–Kier alpha value is -4.25. The summed E-state index contributed by atoms with van der Waals surface area (Å²) in [4.78, 5) is 25.8. The molecule has 0 amide bonds. The van der Waals surface area contributed by atoms with Crippen molar-refractivity contribution in [3.05, 3.63) is 129 Å². The first-order chi connectivity index (χ1) is 19.4. The van der Waals surface area contributed by atoms with E-state index in [0.717, 1.165) is 33.5 Å². The van der Waals surface area contributed by atoms with Crippen LogP contribution in [0.5, 0.6) is 11.5 Å². The van der Waals surface area contributed by atoms with Crippen molar-refractivity contribution in [2.24, 2.45) is 0 Å². The molecule has 0 unspecified atom stereocenters. The van der Waals surface area contributed by atoms with Crippen LogP contribution in [0.25, 0.3) is 0 Å². The average Bonchev–Trinajstić information content (AvgIpc) is 3.27. The first kappa shape index (κ1) is 27.3. The number of nitrogens with zero attached hydrogens (tertiary/aromatic N) is 1. The molecule has 5 rings (SSSR count). The molecule has 2 N–H and O–H groups in total.